The molecule has 0 aliphatic carbocycles. The van der Waals surface area contributed by atoms with Gasteiger partial charge in [0, 0.05) is 12.0 Å². The van der Waals surface area contributed by atoms with Crippen LogP contribution in [0.4, 0.5) is 0 Å². The summed E-state index contributed by atoms with van der Waals surface area (Å²) in [7, 11) is 0.265. The molecule has 0 aliphatic heterocycles. The highest BCUT2D eigenvalue weighted by atomic mass is 32.2. The van der Waals surface area contributed by atoms with Crippen LogP contribution in [0.15, 0.2) is 28.7 Å². The van der Waals surface area contributed by atoms with Gasteiger partial charge in [-0.2, -0.15) is 0 Å². The quantitative estimate of drug-likeness (QED) is 0.667. The molecule has 6 nitrogen and oxygen atoms in total. The van der Waals surface area contributed by atoms with Gasteiger partial charge in [0.2, 0.25) is 5.89 Å². The summed E-state index contributed by atoms with van der Waals surface area (Å²) in [6, 6.07) is 7.65. The van der Waals surface area contributed by atoms with Crippen LogP contribution in [0.25, 0.3) is 11.5 Å². The van der Waals surface area contributed by atoms with Crippen LogP contribution < -0.4 is 0 Å². The summed E-state index contributed by atoms with van der Waals surface area (Å²) in [5.74, 6) is -0.138. The zero-order valence-electron chi connectivity index (χ0n) is 15.8. The maximum atomic E-state index is 12.3. The number of aryl methyl sites for hydroxylation is 2. The highest BCUT2D eigenvalue weighted by molar-refractivity contribution is 7.91. The molecule has 7 heteroatoms. The van der Waals surface area contributed by atoms with E-state index in [4.69, 9.17) is 4.42 Å². The zero-order valence-corrected chi connectivity index (χ0v) is 16.6. The van der Waals surface area contributed by atoms with E-state index in [-0.39, 0.29) is 18.0 Å². The minimum Gasteiger partial charge on any atom is -0.441 e. The molecular weight excluding hydrogens is 352 g/mol. The van der Waals surface area contributed by atoms with Crippen molar-refractivity contribution in [2.75, 3.05) is 26.4 Å². The SMILES string of the molecule is Cc1ccc(-c2nc(CS(=O)(=O)CC(=O)CCCN(C)C)c(C)o2)cc1. The molecular formula is C19H26N2O4S. The second-order valence-electron chi connectivity index (χ2n) is 6.87. The third-order valence-electron chi connectivity index (χ3n) is 3.99. The van der Waals surface area contributed by atoms with Gasteiger partial charge in [0.15, 0.2) is 9.84 Å². The number of Topliss-reactive ketones (excluding diaryl/α,β-unsaturated/α-hetero) is 1. The van der Waals surface area contributed by atoms with E-state index >= 15 is 0 Å². The highest BCUT2D eigenvalue weighted by Crippen LogP contribution is 2.23. The molecule has 0 saturated carbocycles. The number of hydrogen-bond acceptors (Lipinski definition) is 6. The molecule has 0 saturated heterocycles. The number of oxazole rings is 1. The van der Waals surface area contributed by atoms with Crippen LogP contribution in [0.2, 0.25) is 0 Å². The normalized spacial score (nSPS) is 11.9. The summed E-state index contributed by atoms with van der Waals surface area (Å²) in [5.41, 5.74) is 2.27. The predicted molar refractivity (Wildman–Crippen MR) is 102 cm³/mol. The molecule has 2 aromatic rings. The fraction of sp³-hybridized carbons (Fsp3) is 0.474. The Hall–Kier alpha value is -1.99. The van der Waals surface area contributed by atoms with Crippen LogP contribution >= 0.6 is 0 Å². The maximum absolute atomic E-state index is 12.3. The average molecular weight is 378 g/mol. The number of nitrogens with zero attached hydrogens (tertiary/aromatic N) is 2. The number of sulfone groups is 1. The number of ketones is 1. The Balaban J connectivity index is 2.03. The van der Waals surface area contributed by atoms with Gasteiger partial charge < -0.3 is 9.32 Å². The summed E-state index contributed by atoms with van der Waals surface area (Å²) >= 11 is 0. The van der Waals surface area contributed by atoms with E-state index in [1.165, 1.54) is 0 Å². The Morgan fingerprint density at radius 3 is 2.42 bits per heavy atom. The lowest BCUT2D eigenvalue weighted by molar-refractivity contribution is -0.116. The van der Waals surface area contributed by atoms with Crippen molar-refractivity contribution in [3.63, 3.8) is 0 Å². The summed E-state index contributed by atoms with van der Waals surface area (Å²) in [6.07, 6.45) is 0.922. The Kier molecular flexibility index (Phi) is 6.72. The average Bonchev–Trinajstić information content (AvgIpc) is 2.87. The second-order valence-corrected chi connectivity index (χ2v) is 8.93. The van der Waals surface area contributed by atoms with Gasteiger partial charge in [0.25, 0.3) is 0 Å². The van der Waals surface area contributed by atoms with Gasteiger partial charge >= 0.3 is 0 Å². The van der Waals surface area contributed by atoms with E-state index in [2.05, 4.69) is 4.98 Å². The topological polar surface area (TPSA) is 80.5 Å². The number of carbonyl (C=O) groups is 1. The molecule has 0 atom stereocenters. The molecule has 0 amide bonds. The van der Waals surface area contributed by atoms with Crippen molar-refractivity contribution in [3.8, 4) is 11.5 Å². The van der Waals surface area contributed by atoms with Crippen LogP contribution in [0.3, 0.4) is 0 Å². The van der Waals surface area contributed by atoms with Gasteiger partial charge in [-0.05, 0) is 53.0 Å². The van der Waals surface area contributed by atoms with Crippen molar-refractivity contribution in [2.45, 2.75) is 32.4 Å². The standard InChI is InChI=1S/C19H26N2O4S/c1-14-7-9-16(10-8-14)19-20-18(15(2)25-19)13-26(23,24)12-17(22)6-5-11-21(3)4/h7-10H,5-6,11-13H2,1-4H3. The molecule has 2 rings (SSSR count). The lowest BCUT2D eigenvalue weighted by atomic mass is 10.1. The molecule has 0 radical (unpaired) electrons. The van der Waals surface area contributed by atoms with Gasteiger partial charge in [-0.25, -0.2) is 13.4 Å². The van der Waals surface area contributed by atoms with Crippen molar-refractivity contribution >= 4 is 15.6 Å². The summed E-state index contributed by atoms with van der Waals surface area (Å²) < 4.78 is 30.3. The van der Waals surface area contributed by atoms with Crippen LogP contribution in [0.5, 0.6) is 0 Å². The van der Waals surface area contributed by atoms with Gasteiger partial charge in [0.1, 0.15) is 17.3 Å². The van der Waals surface area contributed by atoms with E-state index < -0.39 is 15.6 Å². The third-order valence-corrected chi connectivity index (χ3v) is 5.46. The van der Waals surface area contributed by atoms with Crippen molar-refractivity contribution in [1.29, 1.82) is 0 Å². The Labute approximate surface area is 155 Å². The van der Waals surface area contributed by atoms with Gasteiger partial charge in [-0.15, -0.1) is 0 Å². The zero-order chi connectivity index (χ0) is 19.3. The first-order valence-corrected chi connectivity index (χ1v) is 10.4. The van der Waals surface area contributed by atoms with Crippen LogP contribution in [0, 0.1) is 13.8 Å². The molecule has 0 aliphatic rings. The molecule has 142 valence electrons. The number of hydrogen-bond donors (Lipinski definition) is 0. The second kappa shape index (κ2) is 8.60. The molecule has 0 bridgehead atoms. The van der Waals surface area contributed by atoms with E-state index in [9.17, 15) is 13.2 Å². The Bertz CT molecular complexity index is 852. The first-order chi connectivity index (χ1) is 12.2. The molecule has 1 aromatic carbocycles. The van der Waals surface area contributed by atoms with E-state index in [0.717, 1.165) is 17.7 Å². The lowest BCUT2D eigenvalue weighted by Gasteiger charge is -2.08. The number of benzene rings is 1. The first-order valence-electron chi connectivity index (χ1n) is 8.56. The first kappa shape index (κ1) is 20.3. The smallest absolute Gasteiger partial charge is 0.226 e. The van der Waals surface area contributed by atoms with Gasteiger partial charge in [-0.3, -0.25) is 4.79 Å². The fourth-order valence-electron chi connectivity index (χ4n) is 2.55. The maximum Gasteiger partial charge on any atom is 0.226 e. The predicted octanol–water partition coefficient (Wildman–Crippen LogP) is 2.78. The van der Waals surface area contributed by atoms with Crippen molar-refractivity contribution in [1.82, 2.24) is 9.88 Å². The molecule has 1 heterocycles. The monoisotopic (exact) mass is 378 g/mol. The molecule has 26 heavy (non-hydrogen) atoms. The van der Waals surface area contributed by atoms with E-state index in [1.54, 1.807) is 6.92 Å². The number of aromatic nitrogens is 1. The summed E-state index contributed by atoms with van der Waals surface area (Å²) in [5, 5.41) is 0. The third kappa shape index (κ3) is 6.07. The fourth-order valence-corrected chi connectivity index (χ4v) is 3.97. The van der Waals surface area contributed by atoms with Gasteiger partial charge in [-0.1, -0.05) is 17.7 Å². The minimum absolute atomic E-state index is 0.258. The molecule has 0 N–H and O–H groups in total. The van der Waals surface area contributed by atoms with Crippen molar-refractivity contribution in [2.24, 2.45) is 0 Å². The number of rotatable bonds is 9. The summed E-state index contributed by atoms with van der Waals surface area (Å²) in [4.78, 5) is 18.2. The van der Waals surface area contributed by atoms with Crippen molar-refractivity contribution in [3.05, 3.63) is 41.3 Å². The minimum atomic E-state index is -3.57. The number of carbonyl (C=O) groups excluding carboxylic acids is 1. The molecule has 1 aromatic heterocycles. The molecule has 0 spiro atoms. The van der Waals surface area contributed by atoms with Crippen LogP contribution in [0.1, 0.15) is 29.9 Å². The van der Waals surface area contributed by atoms with Gasteiger partial charge in [0.05, 0.1) is 11.4 Å². The molecule has 0 fully saturated rings. The van der Waals surface area contributed by atoms with E-state index in [0.29, 0.717) is 23.8 Å². The van der Waals surface area contributed by atoms with Crippen LogP contribution in [-0.2, 0) is 20.4 Å². The Morgan fingerprint density at radius 2 is 1.81 bits per heavy atom. The lowest BCUT2D eigenvalue weighted by Crippen LogP contribution is -2.20. The summed E-state index contributed by atoms with van der Waals surface area (Å²) in [6.45, 7) is 4.43. The van der Waals surface area contributed by atoms with Crippen LogP contribution in [-0.4, -0.2) is 50.5 Å². The largest absolute Gasteiger partial charge is 0.441 e. The van der Waals surface area contributed by atoms with Crippen molar-refractivity contribution < 1.29 is 17.6 Å². The highest BCUT2D eigenvalue weighted by Gasteiger charge is 2.22. The molecule has 0 unspecified atom stereocenters. The Morgan fingerprint density at radius 1 is 1.15 bits per heavy atom. The van der Waals surface area contributed by atoms with E-state index in [1.807, 2.05) is 50.2 Å².